The summed E-state index contributed by atoms with van der Waals surface area (Å²) in [5.41, 5.74) is 0.706. The van der Waals surface area contributed by atoms with Crippen LogP contribution in [0.4, 0.5) is 8.78 Å². The van der Waals surface area contributed by atoms with Crippen LogP contribution in [-0.4, -0.2) is 41.7 Å². The highest BCUT2D eigenvalue weighted by atomic mass is 32.2. The van der Waals surface area contributed by atoms with Crippen molar-refractivity contribution in [1.29, 1.82) is 5.41 Å². The van der Waals surface area contributed by atoms with Gasteiger partial charge in [-0.25, -0.2) is 13.8 Å². The number of ether oxygens (including phenoxy) is 2. The summed E-state index contributed by atoms with van der Waals surface area (Å²) >= 11 is 1.15. The summed E-state index contributed by atoms with van der Waals surface area (Å²) in [6.45, 7) is 3.74. The lowest BCUT2D eigenvalue weighted by Crippen LogP contribution is -2.46. The lowest BCUT2D eigenvalue weighted by molar-refractivity contribution is -0.144. The van der Waals surface area contributed by atoms with E-state index < -0.39 is 28.5 Å². The molecule has 1 amide bonds. The number of amides is 1. The van der Waals surface area contributed by atoms with Crippen molar-refractivity contribution < 1.29 is 23.0 Å². The van der Waals surface area contributed by atoms with Crippen LogP contribution < -0.4 is 0 Å². The molecule has 0 saturated carbocycles. The SMILES string of the molecule is CCOC(=N)CCC1(c2ccccc2)SC(c2cc(F)ccc2F)=NN1C(=O)[C@H](C)OC. The summed E-state index contributed by atoms with van der Waals surface area (Å²) in [7, 11) is 1.41. The fourth-order valence-electron chi connectivity index (χ4n) is 3.38. The molecule has 0 aromatic heterocycles. The lowest BCUT2D eigenvalue weighted by Gasteiger charge is -2.36. The highest BCUT2D eigenvalue weighted by Gasteiger charge is 2.50. The molecule has 1 aliphatic heterocycles. The third kappa shape index (κ3) is 4.83. The number of benzene rings is 2. The first-order valence-electron chi connectivity index (χ1n) is 10.2. The van der Waals surface area contributed by atoms with Gasteiger partial charge in [0.2, 0.25) is 0 Å². The van der Waals surface area contributed by atoms with Crippen LogP contribution in [0.15, 0.2) is 53.6 Å². The molecule has 1 aliphatic rings. The molecule has 2 aromatic rings. The Morgan fingerprint density at radius 2 is 1.97 bits per heavy atom. The Morgan fingerprint density at radius 3 is 2.62 bits per heavy atom. The second kappa shape index (κ2) is 10.2. The number of hydrogen-bond acceptors (Lipinski definition) is 6. The van der Waals surface area contributed by atoms with Crippen molar-refractivity contribution >= 4 is 28.6 Å². The Bertz CT molecular complexity index is 1020. The highest BCUT2D eigenvalue weighted by molar-refractivity contribution is 8.15. The van der Waals surface area contributed by atoms with Gasteiger partial charge in [0.15, 0.2) is 5.90 Å². The fraction of sp³-hybridized carbons (Fsp3) is 0.348. The van der Waals surface area contributed by atoms with Gasteiger partial charge in [-0.2, -0.15) is 5.10 Å². The van der Waals surface area contributed by atoms with E-state index in [0.29, 0.717) is 6.61 Å². The number of hydrogen-bond donors (Lipinski definition) is 1. The number of nitrogens with one attached hydrogen (secondary N) is 1. The number of nitrogens with zero attached hydrogens (tertiary/aromatic N) is 2. The first-order valence-corrected chi connectivity index (χ1v) is 11.0. The standard InChI is InChI=1S/C23H25F2N3O3S/c1-4-31-20(26)12-13-23(16-8-6-5-7-9-16)28(22(29)15(2)30-3)27-21(32-23)18-14-17(24)10-11-19(18)25/h5-11,14-15,26H,4,12-13H2,1-3H3/t15-,23?/m0/s1. The molecule has 1 N–H and O–H groups in total. The van der Waals surface area contributed by atoms with Crippen LogP contribution in [0.5, 0.6) is 0 Å². The summed E-state index contributed by atoms with van der Waals surface area (Å²) in [5, 5.41) is 14.0. The van der Waals surface area contributed by atoms with Crippen LogP contribution in [0.25, 0.3) is 0 Å². The fourth-order valence-corrected chi connectivity index (χ4v) is 4.76. The van der Waals surface area contributed by atoms with Gasteiger partial charge < -0.3 is 9.47 Å². The summed E-state index contributed by atoms with van der Waals surface area (Å²) in [4.78, 5) is 12.2. The zero-order valence-electron chi connectivity index (χ0n) is 18.1. The minimum Gasteiger partial charge on any atom is -0.481 e. The molecule has 0 spiro atoms. The number of hydrazone groups is 1. The Morgan fingerprint density at radius 1 is 1.25 bits per heavy atom. The lowest BCUT2D eigenvalue weighted by atomic mass is 9.99. The predicted molar refractivity (Wildman–Crippen MR) is 121 cm³/mol. The smallest absolute Gasteiger partial charge is 0.273 e. The monoisotopic (exact) mass is 461 g/mol. The predicted octanol–water partition coefficient (Wildman–Crippen LogP) is 4.88. The molecule has 9 heteroatoms. The van der Waals surface area contributed by atoms with Crippen LogP contribution in [-0.2, 0) is 19.1 Å². The first-order chi connectivity index (χ1) is 15.3. The van der Waals surface area contributed by atoms with Crippen LogP contribution in [0, 0.1) is 17.0 Å². The Kier molecular flexibility index (Phi) is 7.63. The molecule has 1 heterocycles. The van der Waals surface area contributed by atoms with Crippen molar-refractivity contribution in [3.63, 3.8) is 0 Å². The Labute approximate surface area is 190 Å². The van der Waals surface area contributed by atoms with Crippen molar-refractivity contribution in [2.24, 2.45) is 5.10 Å². The maximum Gasteiger partial charge on any atom is 0.273 e. The third-order valence-electron chi connectivity index (χ3n) is 5.10. The first kappa shape index (κ1) is 23.9. The van der Waals surface area contributed by atoms with Crippen LogP contribution >= 0.6 is 11.8 Å². The molecule has 32 heavy (non-hydrogen) atoms. The van der Waals surface area contributed by atoms with Crippen molar-refractivity contribution in [3.05, 3.63) is 71.3 Å². The molecule has 1 unspecified atom stereocenters. The molecule has 0 radical (unpaired) electrons. The van der Waals surface area contributed by atoms with Crippen LogP contribution in [0.1, 0.15) is 37.8 Å². The Hall–Kier alpha value is -2.78. The molecular weight excluding hydrogens is 436 g/mol. The van der Waals surface area contributed by atoms with Gasteiger partial charge in [-0.15, -0.1) is 0 Å². The maximum atomic E-state index is 14.6. The average Bonchev–Trinajstić information content (AvgIpc) is 3.19. The van der Waals surface area contributed by atoms with E-state index in [9.17, 15) is 13.6 Å². The van der Waals surface area contributed by atoms with Gasteiger partial charge in [0.1, 0.15) is 27.7 Å². The van der Waals surface area contributed by atoms with Gasteiger partial charge in [-0.05, 0) is 44.0 Å². The van der Waals surface area contributed by atoms with Crippen molar-refractivity contribution in [2.75, 3.05) is 13.7 Å². The largest absolute Gasteiger partial charge is 0.481 e. The molecule has 0 bridgehead atoms. The quantitative estimate of drug-likeness (QED) is 0.449. The molecule has 0 saturated heterocycles. The molecule has 2 atom stereocenters. The number of rotatable bonds is 8. The summed E-state index contributed by atoms with van der Waals surface area (Å²) in [6, 6.07) is 12.3. The summed E-state index contributed by atoms with van der Waals surface area (Å²) in [5.74, 6) is -1.61. The number of thioether (sulfide) groups is 1. The molecule has 0 aliphatic carbocycles. The molecule has 3 rings (SSSR count). The minimum absolute atomic E-state index is 0.0319. The van der Waals surface area contributed by atoms with E-state index >= 15 is 0 Å². The zero-order valence-corrected chi connectivity index (χ0v) is 18.9. The summed E-state index contributed by atoms with van der Waals surface area (Å²) in [6.07, 6.45) is -0.326. The van der Waals surface area contributed by atoms with E-state index in [-0.39, 0.29) is 29.3 Å². The molecular formula is C23H25F2N3O3S. The van der Waals surface area contributed by atoms with E-state index in [1.165, 1.54) is 12.1 Å². The van der Waals surface area contributed by atoms with E-state index in [2.05, 4.69) is 5.10 Å². The maximum absolute atomic E-state index is 14.6. The third-order valence-corrected chi connectivity index (χ3v) is 6.55. The van der Waals surface area contributed by atoms with Gasteiger partial charge >= 0.3 is 0 Å². The number of halogens is 2. The second-order valence-electron chi connectivity index (χ2n) is 7.17. The molecule has 0 fully saturated rings. The van der Waals surface area contributed by atoms with Crippen molar-refractivity contribution in [3.8, 4) is 0 Å². The highest BCUT2D eigenvalue weighted by Crippen LogP contribution is 2.51. The second-order valence-corrected chi connectivity index (χ2v) is 8.43. The van der Waals surface area contributed by atoms with E-state index in [0.717, 1.165) is 35.5 Å². The number of methoxy groups -OCH3 is 1. The summed E-state index contributed by atoms with van der Waals surface area (Å²) < 4.78 is 39.0. The van der Waals surface area contributed by atoms with Crippen LogP contribution in [0.2, 0.25) is 0 Å². The molecule has 2 aromatic carbocycles. The minimum atomic E-state index is -1.09. The Balaban J connectivity index is 2.12. The van der Waals surface area contributed by atoms with E-state index in [1.807, 2.05) is 30.3 Å². The average molecular weight is 462 g/mol. The zero-order chi connectivity index (χ0) is 23.3. The van der Waals surface area contributed by atoms with Gasteiger partial charge in [-0.3, -0.25) is 10.2 Å². The van der Waals surface area contributed by atoms with Gasteiger partial charge in [0, 0.05) is 19.1 Å². The molecule has 170 valence electrons. The van der Waals surface area contributed by atoms with E-state index in [4.69, 9.17) is 14.9 Å². The normalized spacial score (nSPS) is 18.9. The topological polar surface area (TPSA) is 75.0 Å². The number of carbonyl (C=O) groups is 1. The van der Waals surface area contributed by atoms with Crippen LogP contribution in [0.3, 0.4) is 0 Å². The van der Waals surface area contributed by atoms with Crippen molar-refractivity contribution in [2.45, 2.75) is 37.7 Å². The van der Waals surface area contributed by atoms with E-state index in [1.54, 1.807) is 13.8 Å². The molecule has 6 nitrogen and oxygen atoms in total. The van der Waals surface area contributed by atoms with Gasteiger partial charge in [0.25, 0.3) is 5.91 Å². The van der Waals surface area contributed by atoms with Gasteiger partial charge in [-0.1, -0.05) is 42.1 Å². The number of carbonyl (C=O) groups excluding carboxylic acids is 1. The van der Waals surface area contributed by atoms with Crippen molar-refractivity contribution in [1.82, 2.24) is 5.01 Å². The van der Waals surface area contributed by atoms with Gasteiger partial charge in [0.05, 0.1) is 6.61 Å².